The van der Waals surface area contributed by atoms with Gasteiger partial charge in [0.15, 0.2) is 0 Å². The largest absolute Gasteiger partial charge is 0.406 e. The van der Waals surface area contributed by atoms with Gasteiger partial charge in [0, 0.05) is 10.5 Å². The average Bonchev–Trinajstić information content (AvgIpc) is 3.01. The summed E-state index contributed by atoms with van der Waals surface area (Å²) >= 11 is 7.58. The topological polar surface area (TPSA) is 20.3 Å². The van der Waals surface area contributed by atoms with E-state index in [4.69, 9.17) is 0 Å². The molecule has 1 heterocycles. The smallest absolute Gasteiger partial charge is 0.326 e. The molecule has 0 bridgehead atoms. The molecular formula is C10H8Br2F3NOS. The second-order valence-corrected chi connectivity index (χ2v) is 7.24. The maximum atomic E-state index is 12.4. The van der Waals surface area contributed by atoms with Crippen molar-refractivity contribution in [2.24, 2.45) is 0 Å². The quantitative estimate of drug-likeness (QED) is 0.726. The first kappa shape index (κ1) is 14.3. The van der Waals surface area contributed by atoms with E-state index in [0.29, 0.717) is 26.0 Å². The second-order valence-electron chi connectivity index (χ2n) is 4.01. The molecule has 1 aliphatic carbocycles. The minimum Gasteiger partial charge on any atom is -0.326 e. The molecular weight excluding hydrogens is 399 g/mol. The molecule has 0 radical (unpaired) electrons. The number of alkyl halides is 3. The zero-order chi connectivity index (χ0) is 13.5. The summed E-state index contributed by atoms with van der Waals surface area (Å²) in [5.41, 5.74) is 0. The van der Waals surface area contributed by atoms with Crippen LogP contribution in [0.2, 0.25) is 0 Å². The Hall–Kier alpha value is -0.0800. The van der Waals surface area contributed by atoms with E-state index >= 15 is 0 Å². The van der Waals surface area contributed by atoms with Crippen molar-refractivity contribution in [3.63, 3.8) is 0 Å². The van der Waals surface area contributed by atoms with Crippen LogP contribution in [0.1, 0.15) is 22.5 Å². The molecule has 1 aromatic heterocycles. The summed E-state index contributed by atoms with van der Waals surface area (Å²) in [6.45, 7) is -1.18. The van der Waals surface area contributed by atoms with Crippen molar-refractivity contribution >= 4 is 49.1 Å². The van der Waals surface area contributed by atoms with Crippen LogP contribution < -0.4 is 0 Å². The molecule has 0 spiro atoms. The molecule has 2 rings (SSSR count). The number of hydrogen-bond donors (Lipinski definition) is 0. The van der Waals surface area contributed by atoms with Crippen LogP contribution in [-0.4, -0.2) is 29.6 Å². The summed E-state index contributed by atoms with van der Waals surface area (Å²) in [6.07, 6.45) is -3.06. The fourth-order valence-corrected chi connectivity index (χ4v) is 3.53. The molecule has 0 aliphatic heterocycles. The second kappa shape index (κ2) is 5.13. The number of amides is 1. The Bertz CT molecular complexity index is 451. The molecule has 100 valence electrons. The third-order valence-electron chi connectivity index (χ3n) is 2.45. The summed E-state index contributed by atoms with van der Waals surface area (Å²) in [5.74, 6) is -0.550. The van der Waals surface area contributed by atoms with E-state index in [9.17, 15) is 18.0 Å². The van der Waals surface area contributed by atoms with Gasteiger partial charge in [-0.05, 0) is 50.8 Å². The van der Waals surface area contributed by atoms with Gasteiger partial charge in [-0.15, -0.1) is 11.3 Å². The van der Waals surface area contributed by atoms with Gasteiger partial charge >= 0.3 is 6.18 Å². The fourth-order valence-electron chi connectivity index (χ4n) is 1.54. The Kier molecular flexibility index (Phi) is 4.08. The molecule has 18 heavy (non-hydrogen) atoms. The van der Waals surface area contributed by atoms with Crippen LogP contribution in [0, 0.1) is 0 Å². The Balaban J connectivity index is 2.18. The van der Waals surface area contributed by atoms with Gasteiger partial charge in [-0.25, -0.2) is 0 Å². The number of nitrogens with zero attached hydrogens (tertiary/aromatic N) is 1. The number of hydrogen-bond acceptors (Lipinski definition) is 2. The summed E-state index contributed by atoms with van der Waals surface area (Å²) < 4.78 is 38.7. The van der Waals surface area contributed by atoms with Crippen molar-refractivity contribution < 1.29 is 18.0 Å². The van der Waals surface area contributed by atoms with E-state index in [2.05, 4.69) is 31.9 Å². The molecule has 8 heteroatoms. The normalized spacial score (nSPS) is 15.8. The van der Waals surface area contributed by atoms with E-state index in [-0.39, 0.29) is 6.04 Å². The Morgan fingerprint density at radius 2 is 2.06 bits per heavy atom. The van der Waals surface area contributed by atoms with Crippen LogP contribution in [-0.2, 0) is 0 Å². The highest BCUT2D eigenvalue weighted by Crippen LogP contribution is 2.36. The van der Waals surface area contributed by atoms with Gasteiger partial charge in [-0.2, -0.15) is 13.2 Å². The van der Waals surface area contributed by atoms with E-state index in [1.54, 1.807) is 6.07 Å². The molecule has 0 atom stereocenters. The van der Waals surface area contributed by atoms with Crippen molar-refractivity contribution in [3.8, 4) is 0 Å². The maximum Gasteiger partial charge on any atom is 0.406 e. The molecule has 2 nitrogen and oxygen atoms in total. The Morgan fingerprint density at radius 3 is 2.44 bits per heavy atom. The molecule has 0 saturated heterocycles. The van der Waals surface area contributed by atoms with Gasteiger partial charge in [0.2, 0.25) is 0 Å². The minimum atomic E-state index is -4.36. The lowest BCUT2D eigenvalue weighted by Gasteiger charge is -2.23. The van der Waals surface area contributed by atoms with Crippen LogP contribution >= 0.6 is 43.2 Å². The standard InChI is InChI=1S/C10H8Br2F3NOS/c11-6-3-7(18-8(6)12)9(17)16(5-1-2-5)4-10(13,14)15/h3,5H,1-2,4H2. The lowest BCUT2D eigenvalue weighted by atomic mass is 10.3. The molecule has 1 amide bonds. The van der Waals surface area contributed by atoms with Crippen LogP contribution in [0.3, 0.4) is 0 Å². The third-order valence-corrected chi connectivity index (χ3v) is 5.70. The van der Waals surface area contributed by atoms with Gasteiger partial charge in [0.1, 0.15) is 6.54 Å². The lowest BCUT2D eigenvalue weighted by molar-refractivity contribution is -0.141. The fraction of sp³-hybridized carbons (Fsp3) is 0.500. The summed E-state index contributed by atoms with van der Waals surface area (Å²) in [7, 11) is 0. The molecule has 0 N–H and O–H groups in total. The predicted octanol–water partition coefficient (Wildman–Crippen LogP) is 4.44. The van der Waals surface area contributed by atoms with E-state index in [1.165, 1.54) is 0 Å². The average molecular weight is 407 g/mol. The van der Waals surface area contributed by atoms with Crippen molar-refractivity contribution in [2.45, 2.75) is 25.1 Å². The van der Waals surface area contributed by atoms with Crippen molar-refractivity contribution in [1.82, 2.24) is 4.90 Å². The van der Waals surface area contributed by atoms with Gasteiger partial charge in [0.25, 0.3) is 5.91 Å². The van der Waals surface area contributed by atoms with Crippen LogP contribution in [0.4, 0.5) is 13.2 Å². The van der Waals surface area contributed by atoms with Gasteiger partial charge in [-0.3, -0.25) is 4.79 Å². The predicted molar refractivity (Wildman–Crippen MR) is 69.8 cm³/mol. The first-order valence-corrected chi connectivity index (χ1v) is 7.51. The van der Waals surface area contributed by atoms with Crippen LogP contribution in [0.5, 0.6) is 0 Å². The summed E-state index contributed by atoms with van der Waals surface area (Å²) in [6, 6.07) is 1.28. The zero-order valence-electron chi connectivity index (χ0n) is 8.93. The maximum absolute atomic E-state index is 12.4. The van der Waals surface area contributed by atoms with Crippen molar-refractivity contribution in [3.05, 3.63) is 19.2 Å². The molecule has 1 saturated carbocycles. The highest BCUT2D eigenvalue weighted by Gasteiger charge is 2.41. The molecule has 1 fully saturated rings. The van der Waals surface area contributed by atoms with Gasteiger partial charge in [0.05, 0.1) is 8.66 Å². The SMILES string of the molecule is O=C(c1cc(Br)c(Br)s1)N(CC(F)(F)F)C1CC1. The highest BCUT2D eigenvalue weighted by atomic mass is 79.9. The van der Waals surface area contributed by atoms with Crippen molar-refractivity contribution in [1.29, 1.82) is 0 Å². The first-order chi connectivity index (χ1) is 8.28. The third kappa shape index (κ3) is 3.48. The lowest BCUT2D eigenvalue weighted by Crippen LogP contribution is -2.40. The first-order valence-electron chi connectivity index (χ1n) is 5.10. The van der Waals surface area contributed by atoms with Gasteiger partial charge in [-0.1, -0.05) is 0 Å². The number of carbonyl (C=O) groups excluding carboxylic acids is 1. The number of rotatable bonds is 3. The van der Waals surface area contributed by atoms with E-state index in [0.717, 1.165) is 16.2 Å². The van der Waals surface area contributed by atoms with Crippen LogP contribution in [0.15, 0.2) is 14.3 Å². The van der Waals surface area contributed by atoms with Crippen molar-refractivity contribution in [2.75, 3.05) is 6.54 Å². The summed E-state index contributed by atoms with van der Waals surface area (Å²) in [5, 5.41) is 0. The minimum absolute atomic E-state index is 0.265. The Morgan fingerprint density at radius 1 is 1.44 bits per heavy atom. The number of halogens is 5. The van der Waals surface area contributed by atoms with E-state index < -0.39 is 18.6 Å². The molecule has 1 aromatic rings. The molecule has 0 aromatic carbocycles. The van der Waals surface area contributed by atoms with Crippen LogP contribution in [0.25, 0.3) is 0 Å². The number of thiophene rings is 1. The monoisotopic (exact) mass is 405 g/mol. The molecule has 1 aliphatic rings. The van der Waals surface area contributed by atoms with Gasteiger partial charge < -0.3 is 4.90 Å². The molecule has 0 unspecified atom stereocenters. The number of carbonyl (C=O) groups is 1. The van der Waals surface area contributed by atoms with E-state index in [1.807, 2.05) is 0 Å². The summed E-state index contributed by atoms with van der Waals surface area (Å²) in [4.78, 5) is 13.3. The zero-order valence-corrected chi connectivity index (χ0v) is 12.9. The highest BCUT2D eigenvalue weighted by molar-refractivity contribution is 9.13. The Labute approximate surface area is 122 Å².